The molecule has 0 bridgehead atoms. The van der Waals surface area contributed by atoms with Crippen molar-refractivity contribution in [1.29, 1.82) is 10.5 Å². The molecular formula is C19H13BrClN3O2. The van der Waals surface area contributed by atoms with E-state index in [2.05, 4.69) is 21.2 Å². The Hall–Kier alpha value is -2.80. The smallest absolute Gasteiger partial charge is 0.266 e. The summed E-state index contributed by atoms with van der Waals surface area (Å²) in [5, 5.41) is 21.1. The van der Waals surface area contributed by atoms with E-state index in [-0.39, 0.29) is 12.2 Å². The minimum absolute atomic E-state index is 0.0537. The standard InChI is InChI=1S/C19H13BrClN3O2/c1-12-16(21)3-2-4-17(12)24-19(25)14(11-23)9-13-5-6-18(15(20)10-13)26-8-7-22/h2-6,9-10H,8H2,1H3,(H,24,25)/b14-9-. The molecule has 0 aliphatic carbocycles. The Morgan fingerprint density at radius 2 is 2.12 bits per heavy atom. The molecule has 0 unspecified atom stereocenters. The topological polar surface area (TPSA) is 85.9 Å². The van der Waals surface area contributed by atoms with E-state index in [1.807, 2.05) is 12.1 Å². The van der Waals surface area contributed by atoms with Crippen molar-refractivity contribution in [3.8, 4) is 17.9 Å². The number of nitrogens with zero attached hydrogens (tertiary/aromatic N) is 2. The van der Waals surface area contributed by atoms with Crippen LogP contribution in [0.3, 0.4) is 0 Å². The second-order valence-corrected chi connectivity index (χ2v) is 6.43. The maximum absolute atomic E-state index is 12.4. The van der Waals surface area contributed by atoms with Gasteiger partial charge in [-0.15, -0.1) is 0 Å². The van der Waals surface area contributed by atoms with Crippen LogP contribution in [0.1, 0.15) is 11.1 Å². The number of hydrogen-bond donors (Lipinski definition) is 1. The Kier molecular flexibility index (Phi) is 6.80. The number of benzene rings is 2. The molecule has 130 valence electrons. The molecule has 0 aromatic heterocycles. The van der Waals surface area contributed by atoms with E-state index in [0.29, 0.717) is 26.5 Å². The lowest BCUT2D eigenvalue weighted by Gasteiger charge is -2.09. The molecule has 2 rings (SSSR count). The summed E-state index contributed by atoms with van der Waals surface area (Å²) in [6.45, 7) is 1.71. The van der Waals surface area contributed by atoms with E-state index in [1.54, 1.807) is 43.3 Å². The third-order valence-electron chi connectivity index (χ3n) is 3.44. The zero-order chi connectivity index (χ0) is 19.1. The van der Waals surface area contributed by atoms with Crippen LogP contribution in [0.5, 0.6) is 5.75 Å². The summed E-state index contributed by atoms with van der Waals surface area (Å²) in [6.07, 6.45) is 1.47. The molecular weight excluding hydrogens is 418 g/mol. The first kappa shape index (κ1) is 19.5. The normalized spacial score (nSPS) is 10.6. The van der Waals surface area contributed by atoms with E-state index in [1.165, 1.54) is 6.08 Å². The summed E-state index contributed by atoms with van der Waals surface area (Å²) >= 11 is 9.38. The van der Waals surface area contributed by atoms with E-state index in [4.69, 9.17) is 21.6 Å². The second kappa shape index (κ2) is 9.05. The predicted octanol–water partition coefficient (Wildman–Crippen LogP) is 4.86. The number of nitrogens with one attached hydrogen (secondary N) is 1. The van der Waals surface area contributed by atoms with Crippen LogP contribution in [-0.2, 0) is 4.79 Å². The number of carbonyl (C=O) groups is 1. The highest BCUT2D eigenvalue weighted by Gasteiger charge is 2.12. The van der Waals surface area contributed by atoms with Gasteiger partial charge in [-0.25, -0.2) is 0 Å². The lowest BCUT2D eigenvalue weighted by Crippen LogP contribution is -2.14. The van der Waals surface area contributed by atoms with Gasteiger partial charge in [-0.1, -0.05) is 23.7 Å². The van der Waals surface area contributed by atoms with Crippen molar-refractivity contribution in [3.63, 3.8) is 0 Å². The van der Waals surface area contributed by atoms with E-state index in [9.17, 15) is 10.1 Å². The number of anilines is 1. The van der Waals surface area contributed by atoms with E-state index < -0.39 is 5.91 Å². The Bertz CT molecular complexity index is 958. The van der Waals surface area contributed by atoms with Crippen molar-refractivity contribution in [2.24, 2.45) is 0 Å². The van der Waals surface area contributed by atoms with Gasteiger partial charge >= 0.3 is 0 Å². The molecule has 2 aromatic carbocycles. The van der Waals surface area contributed by atoms with Crippen molar-refractivity contribution in [2.45, 2.75) is 6.92 Å². The summed E-state index contributed by atoms with van der Waals surface area (Å²) in [7, 11) is 0. The van der Waals surface area contributed by atoms with Gasteiger partial charge in [-0.2, -0.15) is 10.5 Å². The zero-order valence-corrected chi connectivity index (χ0v) is 16.1. The summed E-state index contributed by atoms with van der Waals surface area (Å²) in [5.41, 5.74) is 1.85. The number of carbonyl (C=O) groups excluding carboxylic acids is 1. The summed E-state index contributed by atoms with van der Waals surface area (Å²) in [5.74, 6) is -0.0278. The molecule has 0 spiro atoms. The SMILES string of the molecule is Cc1c(Cl)cccc1NC(=O)/C(C#N)=C\c1ccc(OCC#N)c(Br)c1. The highest BCUT2D eigenvalue weighted by atomic mass is 79.9. The van der Waals surface area contributed by atoms with Crippen molar-refractivity contribution in [2.75, 3.05) is 11.9 Å². The Morgan fingerprint density at radius 3 is 2.77 bits per heavy atom. The first-order valence-electron chi connectivity index (χ1n) is 7.44. The molecule has 0 aliphatic rings. The number of halogens is 2. The Balaban J connectivity index is 2.23. The fourth-order valence-electron chi connectivity index (χ4n) is 2.08. The highest BCUT2D eigenvalue weighted by molar-refractivity contribution is 9.10. The molecule has 0 atom stereocenters. The minimum atomic E-state index is -0.529. The maximum Gasteiger partial charge on any atom is 0.266 e. The van der Waals surface area contributed by atoms with Gasteiger partial charge in [0.15, 0.2) is 6.61 Å². The van der Waals surface area contributed by atoms with E-state index in [0.717, 1.165) is 5.56 Å². The molecule has 26 heavy (non-hydrogen) atoms. The van der Waals surface area contributed by atoms with Crippen LogP contribution in [0.15, 0.2) is 46.4 Å². The number of rotatable bonds is 5. The van der Waals surface area contributed by atoms with Gasteiger partial charge in [0.25, 0.3) is 5.91 Å². The van der Waals surface area contributed by atoms with Crippen molar-refractivity contribution in [1.82, 2.24) is 0 Å². The quantitative estimate of drug-likeness (QED) is 0.542. The molecule has 0 saturated heterocycles. The number of hydrogen-bond acceptors (Lipinski definition) is 4. The van der Waals surface area contributed by atoms with Gasteiger partial charge in [0.05, 0.1) is 4.47 Å². The van der Waals surface area contributed by atoms with Gasteiger partial charge < -0.3 is 10.1 Å². The van der Waals surface area contributed by atoms with Crippen LogP contribution >= 0.6 is 27.5 Å². The summed E-state index contributed by atoms with van der Waals surface area (Å²) in [6, 6.07) is 14.0. The Labute approximate surface area is 164 Å². The van der Waals surface area contributed by atoms with Gasteiger partial charge in [0.1, 0.15) is 23.5 Å². The van der Waals surface area contributed by atoms with E-state index >= 15 is 0 Å². The molecule has 5 nitrogen and oxygen atoms in total. The van der Waals surface area contributed by atoms with Crippen molar-refractivity contribution < 1.29 is 9.53 Å². The Morgan fingerprint density at radius 1 is 1.35 bits per heavy atom. The fraction of sp³-hybridized carbons (Fsp3) is 0.105. The van der Waals surface area contributed by atoms with Gasteiger partial charge in [-0.05, 0) is 64.3 Å². The third-order valence-corrected chi connectivity index (χ3v) is 4.47. The van der Waals surface area contributed by atoms with Crippen molar-refractivity contribution in [3.05, 3.63) is 62.6 Å². The lowest BCUT2D eigenvalue weighted by atomic mass is 10.1. The van der Waals surface area contributed by atoms with Crippen LogP contribution in [0.4, 0.5) is 5.69 Å². The largest absolute Gasteiger partial charge is 0.478 e. The molecule has 1 amide bonds. The molecule has 0 heterocycles. The number of ether oxygens (including phenoxy) is 1. The summed E-state index contributed by atoms with van der Waals surface area (Å²) in [4.78, 5) is 12.4. The van der Waals surface area contributed by atoms with Gasteiger partial charge in [0.2, 0.25) is 0 Å². The molecule has 0 radical (unpaired) electrons. The molecule has 0 aliphatic heterocycles. The summed E-state index contributed by atoms with van der Waals surface area (Å²) < 4.78 is 5.85. The molecule has 2 aromatic rings. The highest BCUT2D eigenvalue weighted by Crippen LogP contribution is 2.27. The van der Waals surface area contributed by atoms with Crippen LogP contribution < -0.4 is 10.1 Å². The molecule has 7 heteroatoms. The fourth-order valence-corrected chi connectivity index (χ4v) is 2.77. The minimum Gasteiger partial charge on any atom is -0.478 e. The first-order valence-corrected chi connectivity index (χ1v) is 8.61. The molecule has 0 fully saturated rings. The van der Waals surface area contributed by atoms with Crippen LogP contribution in [0.2, 0.25) is 5.02 Å². The average molecular weight is 431 g/mol. The van der Waals surface area contributed by atoms with Gasteiger partial charge in [0, 0.05) is 10.7 Å². The van der Waals surface area contributed by atoms with Crippen LogP contribution in [0.25, 0.3) is 6.08 Å². The van der Waals surface area contributed by atoms with Gasteiger partial charge in [-0.3, -0.25) is 4.79 Å². The monoisotopic (exact) mass is 429 g/mol. The maximum atomic E-state index is 12.4. The average Bonchev–Trinajstić information content (AvgIpc) is 2.62. The van der Waals surface area contributed by atoms with Crippen molar-refractivity contribution >= 4 is 45.2 Å². The predicted molar refractivity (Wildman–Crippen MR) is 104 cm³/mol. The first-order chi connectivity index (χ1) is 12.5. The molecule has 1 N–H and O–H groups in total. The third kappa shape index (κ3) is 4.86. The lowest BCUT2D eigenvalue weighted by molar-refractivity contribution is -0.112. The number of amides is 1. The molecule has 0 saturated carbocycles. The zero-order valence-electron chi connectivity index (χ0n) is 13.7. The second-order valence-electron chi connectivity index (χ2n) is 5.17. The van der Waals surface area contributed by atoms with Crippen LogP contribution in [0, 0.1) is 29.6 Å². The number of nitriles is 2. The van der Waals surface area contributed by atoms with Crippen LogP contribution in [-0.4, -0.2) is 12.5 Å².